The van der Waals surface area contributed by atoms with Crippen molar-refractivity contribution in [2.75, 3.05) is 37.7 Å². The Bertz CT molecular complexity index is 440. The van der Waals surface area contributed by atoms with Gasteiger partial charge in [0.25, 0.3) is 0 Å². The third-order valence-electron chi connectivity index (χ3n) is 6.00. The Hall–Kier alpha value is -0.750. The molecule has 0 aromatic heterocycles. The zero-order valence-electron chi connectivity index (χ0n) is 15.3. The Morgan fingerprint density at radius 1 is 1.00 bits per heavy atom. The van der Waals surface area contributed by atoms with Crippen molar-refractivity contribution in [3.05, 3.63) is 0 Å². The van der Waals surface area contributed by atoms with Crippen LogP contribution in [0.4, 0.5) is 0 Å². The molecule has 2 amide bonds. The second-order valence-corrected chi connectivity index (χ2v) is 9.01. The molecule has 0 radical (unpaired) electrons. The monoisotopic (exact) mass is 367 g/mol. The Morgan fingerprint density at radius 2 is 1.68 bits per heavy atom. The summed E-state index contributed by atoms with van der Waals surface area (Å²) in [5.74, 6) is 3.62. The van der Waals surface area contributed by atoms with E-state index in [9.17, 15) is 9.59 Å². The van der Waals surface area contributed by atoms with Crippen LogP contribution in [0.2, 0.25) is 0 Å². The number of hydrogen-bond acceptors (Lipinski definition) is 4. The lowest BCUT2D eigenvalue weighted by Crippen LogP contribution is -2.44. The summed E-state index contributed by atoms with van der Waals surface area (Å²) in [4.78, 5) is 26.9. The average Bonchev–Trinajstić information content (AvgIpc) is 2.68. The molecular weight excluding hydrogens is 334 g/mol. The molecular formula is C19H33N3O2S. The normalized spacial score (nSPS) is 28.6. The fourth-order valence-electron chi connectivity index (χ4n) is 4.33. The van der Waals surface area contributed by atoms with Crippen LogP contribution >= 0.6 is 11.8 Å². The lowest BCUT2D eigenvalue weighted by Gasteiger charge is -2.34. The van der Waals surface area contributed by atoms with E-state index in [0.717, 1.165) is 69.8 Å². The van der Waals surface area contributed by atoms with E-state index in [4.69, 9.17) is 0 Å². The van der Waals surface area contributed by atoms with E-state index < -0.39 is 0 Å². The highest BCUT2D eigenvalue weighted by molar-refractivity contribution is 7.99. The number of rotatable bonds is 5. The van der Waals surface area contributed by atoms with Crippen LogP contribution in [0.1, 0.15) is 51.4 Å². The van der Waals surface area contributed by atoms with Gasteiger partial charge >= 0.3 is 0 Å². The molecule has 1 aliphatic carbocycles. The highest BCUT2D eigenvalue weighted by atomic mass is 32.2. The quantitative estimate of drug-likeness (QED) is 0.780. The third kappa shape index (κ3) is 5.88. The van der Waals surface area contributed by atoms with Gasteiger partial charge in [0.2, 0.25) is 11.8 Å². The van der Waals surface area contributed by atoms with Gasteiger partial charge in [-0.25, -0.2) is 0 Å². The second kappa shape index (κ2) is 9.81. The first-order chi connectivity index (χ1) is 12.2. The van der Waals surface area contributed by atoms with Gasteiger partial charge in [-0.05, 0) is 64.0 Å². The zero-order chi connectivity index (χ0) is 17.5. The van der Waals surface area contributed by atoms with E-state index in [1.165, 1.54) is 12.8 Å². The van der Waals surface area contributed by atoms with Crippen LogP contribution in [0, 0.1) is 11.8 Å². The van der Waals surface area contributed by atoms with Gasteiger partial charge < -0.3 is 15.5 Å². The van der Waals surface area contributed by atoms with Crippen molar-refractivity contribution >= 4 is 23.6 Å². The van der Waals surface area contributed by atoms with Gasteiger partial charge in [0.05, 0.1) is 0 Å². The van der Waals surface area contributed by atoms with Crippen molar-refractivity contribution in [1.82, 2.24) is 15.5 Å². The molecule has 0 spiro atoms. The van der Waals surface area contributed by atoms with Crippen LogP contribution in [0.5, 0.6) is 0 Å². The van der Waals surface area contributed by atoms with Crippen LogP contribution in [-0.2, 0) is 9.59 Å². The third-order valence-corrected chi connectivity index (χ3v) is 6.95. The van der Waals surface area contributed by atoms with Crippen molar-refractivity contribution in [2.24, 2.45) is 11.8 Å². The van der Waals surface area contributed by atoms with Gasteiger partial charge in [-0.2, -0.15) is 11.8 Å². The zero-order valence-corrected chi connectivity index (χ0v) is 16.1. The van der Waals surface area contributed by atoms with Gasteiger partial charge in [0, 0.05) is 43.0 Å². The van der Waals surface area contributed by atoms with Crippen molar-refractivity contribution in [3.8, 4) is 0 Å². The molecule has 2 heterocycles. The van der Waals surface area contributed by atoms with E-state index in [0.29, 0.717) is 18.2 Å². The maximum Gasteiger partial charge on any atom is 0.225 e. The number of amides is 2. The van der Waals surface area contributed by atoms with Gasteiger partial charge in [-0.1, -0.05) is 0 Å². The fourth-order valence-corrected chi connectivity index (χ4v) is 5.24. The first-order valence-electron chi connectivity index (χ1n) is 10.1. The molecule has 3 aliphatic rings. The Morgan fingerprint density at radius 3 is 2.36 bits per heavy atom. The summed E-state index contributed by atoms with van der Waals surface area (Å²) < 4.78 is 0. The maximum atomic E-state index is 12.6. The first kappa shape index (κ1) is 19.0. The number of carbonyl (C=O) groups excluding carboxylic acids is 2. The highest BCUT2D eigenvalue weighted by Gasteiger charge is 2.30. The molecule has 25 heavy (non-hydrogen) atoms. The molecule has 3 rings (SSSR count). The van der Waals surface area contributed by atoms with Crippen molar-refractivity contribution < 1.29 is 9.59 Å². The van der Waals surface area contributed by atoms with E-state index in [1.54, 1.807) is 0 Å². The molecule has 1 saturated carbocycles. The van der Waals surface area contributed by atoms with Crippen LogP contribution in [0.25, 0.3) is 0 Å². The number of carbonyl (C=O) groups is 2. The summed E-state index contributed by atoms with van der Waals surface area (Å²) in [6.45, 7) is 4.02. The first-order valence-corrected chi connectivity index (χ1v) is 11.2. The second-order valence-electron chi connectivity index (χ2n) is 7.79. The van der Waals surface area contributed by atoms with E-state index in [2.05, 4.69) is 15.5 Å². The molecule has 2 N–H and O–H groups in total. The number of nitrogens with zero attached hydrogens (tertiary/aromatic N) is 1. The predicted octanol–water partition coefficient (Wildman–Crippen LogP) is 2.02. The van der Waals surface area contributed by atoms with Crippen molar-refractivity contribution in [1.29, 1.82) is 0 Å². The molecule has 5 nitrogen and oxygen atoms in total. The molecule has 0 atom stereocenters. The number of nitrogens with one attached hydrogen (secondary N) is 2. The van der Waals surface area contributed by atoms with Crippen molar-refractivity contribution in [3.63, 3.8) is 0 Å². The van der Waals surface area contributed by atoms with Crippen molar-refractivity contribution in [2.45, 2.75) is 57.4 Å². The van der Waals surface area contributed by atoms with Gasteiger partial charge in [0.1, 0.15) is 0 Å². The Kier molecular flexibility index (Phi) is 7.47. The summed E-state index contributed by atoms with van der Waals surface area (Å²) >= 11 is 1.94. The van der Waals surface area contributed by atoms with Gasteiger partial charge in [-0.15, -0.1) is 0 Å². The number of piperidine rings is 1. The van der Waals surface area contributed by atoms with Gasteiger partial charge in [0.15, 0.2) is 0 Å². The van der Waals surface area contributed by atoms with E-state index in [1.807, 2.05) is 11.8 Å². The molecule has 6 heteroatoms. The van der Waals surface area contributed by atoms with Crippen LogP contribution < -0.4 is 10.6 Å². The molecule has 3 fully saturated rings. The predicted molar refractivity (Wildman–Crippen MR) is 103 cm³/mol. The standard InChI is InChI=1S/C19H33N3O2S/c23-18(6-1-15-7-9-20-10-8-15)21-17-4-2-16(3-5-17)19(24)22-11-13-25-14-12-22/h15-17,20H,1-14H2,(H,21,23). The topological polar surface area (TPSA) is 61.4 Å². The summed E-state index contributed by atoms with van der Waals surface area (Å²) in [6.07, 6.45) is 7.87. The van der Waals surface area contributed by atoms with Crippen LogP contribution in [0.15, 0.2) is 0 Å². The smallest absolute Gasteiger partial charge is 0.225 e. The molecule has 0 aromatic carbocycles. The summed E-state index contributed by atoms with van der Waals surface area (Å²) in [5, 5.41) is 6.59. The van der Waals surface area contributed by atoms with Crippen LogP contribution in [-0.4, -0.2) is 60.4 Å². The molecule has 0 aromatic rings. The minimum absolute atomic E-state index is 0.186. The minimum Gasteiger partial charge on any atom is -0.353 e. The SMILES string of the molecule is O=C(CCC1CCNCC1)NC1CCC(C(=O)N2CCSCC2)CC1. The average molecular weight is 368 g/mol. The summed E-state index contributed by atoms with van der Waals surface area (Å²) in [5.41, 5.74) is 0. The lowest BCUT2D eigenvalue weighted by atomic mass is 9.85. The Balaban J connectivity index is 1.32. The maximum absolute atomic E-state index is 12.6. The van der Waals surface area contributed by atoms with E-state index >= 15 is 0 Å². The number of hydrogen-bond donors (Lipinski definition) is 2. The molecule has 2 aliphatic heterocycles. The molecule has 0 unspecified atom stereocenters. The lowest BCUT2D eigenvalue weighted by molar-refractivity contribution is -0.136. The Labute approximate surface area is 156 Å². The molecule has 2 saturated heterocycles. The summed E-state index contributed by atoms with van der Waals surface area (Å²) in [7, 11) is 0. The largest absolute Gasteiger partial charge is 0.353 e. The molecule has 142 valence electrons. The number of thioether (sulfide) groups is 1. The summed E-state index contributed by atoms with van der Waals surface area (Å²) in [6, 6.07) is 0.279. The highest BCUT2D eigenvalue weighted by Crippen LogP contribution is 2.27. The van der Waals surface area contributed by atoms with Gasteiger partial charge in [-0.3, -0.25) is 9.59 Å². The molecule has 0 bridgehead atoms. The van der Waals surface area contributed by atoms with E-state index in [-0.39, 0.29) is 17.9 Å². The minimum atomic E-state index is 0.186. The van der Waals surface area contributed by atoms with Crippen LogP contribution in [0.3, 0.4) is 0 Å². The fraction of sp³-hybridized carbons (Fsp3) is 0.895.